The molecule has 5 nitrogen and oxygen atoms in total. The SMILES string of the molecule is Cc1cc(C2=C(c3cc(F)cc(F)c3)C(=O)C(C)(C)O2)ccc1S(N)(=O)=O. The van der Waals surface area contributed by atoms with E-state index in [1.807, 2.05) is 0 Å². The molecule has 0 bridgehead atoms. The lowest BCUT2D eigenvalue weighted by Crippen LogP contribution is -2.29. The van der Waals surface area contributed by atoms with Gasteiger partial charge in [0.25, 0.3) is 0 Å². The van der Waals surface area contributed by atoms with Crippen LogP contribution in [0.4, 0.5) is 8.78 Å². The fourth-order valence-electron chi connectivity index (χ4n) is 3.03. The molecule has 1 heterocycles. The van der Waals surface area contributed by atoms with Gasteiger partial charge in [-0.1, -0.05) is 0 Å². The summed E-state index contributed by atoms with van der Waals surface area (Å²) in [5.74, 6) is -1.96. The van der Waals surface area contributed by atoms with Crippen molar-refractivity contribution in [3.8, 4) is 0 Å². The Morgan fingerprint density at radius 3 is 2.11 bits per heavy atom. The van der Waals surface area contributed by atoms with E-state index in [9.17, 15) is 22.0 Å². The fourth-order valence-corrected chi connectivity index (χ4v) is 3.80. The molecule has 2 N–H and O–H groups in total. The highest BCUT2D eigenvalue weighted by Gasteiger charge is 2.43. The van der Waals surface area contributed by atoms with Crippen molar-refractivity contribution in [2.24, 2.45) is 5.14 Å². The van der Waals surface area contributed by atoms with Crippen LogP contribution in [0.1, 0.15) is 30.5 Å². The van der Waals surface area contributed by atoms with Crippen LogP contribution in [0.15, 0.2) is 41.3 Å². The first kappa shape index (κ1) is 19.2. The van der Waals surface area contributed by atoms with E-state index in [0.717, 1.165) is 12.1 Å². The minimum atomic E-state index is -3.91. The Kier molecular flexibility index (Phi) is 4.44. The second kappa shape index (κ2) is 6.24. The summed E-state index contributed by atoms with van der Waals surface area (Å²) in [5, 5.41) is 5.17. The monoisotopic (exact) mass is 393 g/mol. The smallest absolute Gasteiger partial charge is 0.238 e. The second-order valence-electron chi connectivity index (χ2n) is 6.83. The summed E-state index contributed by atoms with van der Waals surface area (Å²) in [6.07, 6.45) is 0. The maximum Gasteiger partial charge on any atom is 0.238 e. The standard InChI is InChI=1S/C19H17F2NO4S/c1-10-6-11(4-5-15(10)27(22,24)25)17-16(18(23)19(2,3)26-17)12-7-13(20)9-14(21)8-12/h4-9H,1-3H3,(H2,22,24,25). The molecule has 0 aliphatic carbocycles. The van der Waals surface area contributed by atoms with E-state index in [0.29, 0.717) is 17.2 Å². The van der Waals surface area contributed by atoms with E-state index < -0.39 is 33.0 Å². The van der Waals surface area contributed by atoms with Crippen molar-refractivity contribution in [2.45, 2.75) is 31.3 Å². The Balaban J connectivity index is 2.25. The van der Waals surface area contributed by atoms with Crippen LogP contribution in [0, 0.1) is 18.6 Å². The van der Waals surface area contributed by atoms with E-state index in [-0.39, 0.29) is 21.8 Å². The number of benzene rings is 2. The molecule has 2 aromatic rings. The summed E-state index contributed by atoms with van der Waals surface area (Å²) in [4.78, 5) is 12.7. The molecule has 0 amide bonds. The van der Waals surface area contributed by atoms with Gasteiger partial charge in [-0.3, -0.25) is 4.79 Å². The number of hydrogen-bond acceptors (Lipinski definition) is 4. The topological polar surface area (TPSA) is 86.5 Å². The van der Waals surface area contributed by atoms with Crippen LogP contribution in [0.25, 0.3) is 11.3 Å². The van der Waals surface area contributed by atoms with Gasteiger partial charge < -0.3 is 4.74 Å². The number of carbonyl (C=O) groups is 1. The van der Waals surface area contributed by atoms with Gasteiger partial charge in [-0.2, -0.15) is 0 Å². The van der Waals surface area contributed by atoms with E-state index in [1.165, 1.54) is 18.2 Å². The third-order valence-corrected chi connectivity index (χ3v) is 5.32. The second-order valence-corrected chi connectivity index (χ2v) is 8.36. The minimum absolute atomic E-state index is 0.0288. The molecular weight excluding hydrogens is 376 g/mol. The third kappa shape index (κ3) is 3.50. The van der Waals surface area contributed by atoms with Gasteiger partial charge in [0, 0.05) is 11.6 Å². The Bertz CT molecular complexity index is 1080. The van der Waals surface area contributed by atoms with Crippen molar-refractivity contribution in [2.75, 3.05) is 0 Å². The highest BCUT2D eigenvalue weighted by atomic mass is 32.2. The summed E-state index contributed by atoms with van der Waals surface area (Å²) >= 11 is 0. The fraction of sp³-hybridized carbons (Fsp3) is 0.211. The molecular formula is C19H17F2NO4S. The number of hydrogen-bond donors (Lipinski definition) is 1. The van der Waals surface area contributed by atoms with Crippen molar-refractivity contribution in [1.82, 2.24) is 0 Å². The highest BCUT2D eigenvalue weighted by Crippen LogP contribution is 2.42. The van der Waals surface area contributed by atoms with Gasteiger partial charge in [-0.15, -0.1) is 0 Å². The molecule has 0 atom stereocenters. The summed E-state index contributed by atoms with van der Waals surface area (Å²) in [7, 11) is -3.91. The van der Waals surface area contributed by atoms with Crippen LogP contribution in [0.5, 0.6) is 0 Å². The normalized spacial score (nSPS) is 16.6. The average molecular weight is 393 g/mol. The number of ketones is 1. The first-order chi connectivity index (χ1) is 12.4. The number of aryl methyl sites for hydroxylation is 1. The molecule has 0 unspecified atom stereocenters. The van der Waals surface area contributed by atoms with E-state index in [2.05, 4.69) is 0 Å². The molecule has 0 radical (unpaired) electrons. The Morgan fingerprint density at radius 1 is 1.00 bits per heavy atom. The maximum atomic E-state index is 13.7. The van der Waals surface area contributed by atoms with Crippen LogP contribution in [0.3, 0.4) is 0 Å². The van der Waals surface area contributed by atoms with Gasteiger partial charge in [0.2, 0.25) is 15.8 Å². The molecule has 3 rings (SSSR count). The average Bonchev–Trinajstić information content (AvgIpc) is 2.75. The molecule has 1 aliphatic heterocycles. The molecule has 142 valence electrons. The van der Waals surface area contributed by atoms with Gasteiger partial charge in [0.15, 0.2) is 5.60 Å². The predicted octanol–water partition coefficient (Wildman–Crippen LogP) is 3.17. The Labute approximate surface area is 155 Å². The predicted molar refractivity (Wildman–Crippen MR) is 95.9 cm³/mol. The van der Waals surface area contributed by atoms with Crippen molar-refractivity contribution in [1.29, 1.82) is 0 Å². The lowest BCUT2D eigenvalue weighted by atomic mass is 9.92. The zero-order valence-electron chi connectivity index (χ0n) is 14.8. The van der Waals surface area contributed by atoms with Crippen LogP contribution >= 0.6 is 0 Å². The molecule has 0 saturated carbocycles. The van der Waals surface area contributed by atoms with Gasteiger partial charge in [-0.25, -0.2) is 22.3 Å². The molecule has 0 spiro atoms. The number of halogens is 2. The number of primary sulfonamides is 1. The van der Waals surface area contributed by atoms with Gasteiger partial charge in [-0.05, 0) is 62.2 Å². The number of Topliss-reactive ketones (excluding diaryl/α,β-unsaturated/α-hetero) is 1. The minimum Gasteiger partial charge on any atom is -0.478 e. The van der Waals surface area contributed by atoms with Crippen LogP contribution in [0.2, 0.25) is 0 Å². The summed E-state index contributed by atoms with van der Waals surface area (Å²) in [5.41, 5.74) is -0.404. The third-order valence-electron chi connectivity index (χ3n) is 4.25. The van der Waals surface area contributed by atoms with Gasteiger partial charge in [0.05, 0.1) is 10.5 Å². The van der Waals surface area contributed by atoms with Gasteiger partial charge in [0.1, 0.15) is 17.4 Å². The molecule has 0 saturated heterocycles. The zero-order valence-corrected chi connectivity index (χ0v) is 15.7. The quantitative estimate of drug-likeness (QED) is 0.868. The number of nitrogens with two attached hydrogens (primary N) is 1. The molecule has 0 aromatic heterocycles. The molecule has 8 heteroatoms. The van der Waals surface area contributed by atoms with E-state index in [1.54, 1.807) is 20.8 Å². The number of carbonyl (C=O) groups excluding carboxylic acids is 1. The van der Waals surface area contributed by atoms with Gasteiger partial charge >= 0.3 is 0 Å². The number of sulfonamides is 1. The summed E-state index contributed by atoms with van der Waals surface area (Å²) < 4.78 is 56.3. The first-order valence-electron chi connectivity index (χ1n) is 7.98. The van der Waals surface area contributed by atoms with E-state index >= 15 is 0 Å². The van der Waals surface area contributed by atoms with Crippen LogP contribution < -0.4 is 5.14 Å². The number of ether oxygens (including phenoxy) is 1. The van der Waals surface area contributed by atoms with Crippen molar-refractivity contribution >= 4 is 27.1 Å². The summed E-state index contributed by atoms with van der Waals surface area (Å²) in [6.45, 7) is 4.64. The summed E-state index contributed by atoms with van der Waals surface area (Å²) in [6, 6.07) is 7.04. The van der Waals surface area contributed by atoms with Crippen molar-refractivity contribution < 1.29 is 26.7 Å². The largest absolute Gasteiger partial charge is 0.478 e. The molecule has 0 fully saturated rings. The van der Waals surface area contributed by atoms with E-state index in [4.69, 9.17) is 9.88 Å². The Morgan fingerprint density at radius 2 is 1.59 bits per heavy atom. The van der Waals surface area contributed by atoms with Crippen LogP contribution in [-0.4, -0.2) is 19.8 Å². The van der Waals surface area contributed by atoms with Crippen molar-refractivity contribution in [3.05, 3.63) is 64.7 Å². The van der Waals surface area contributed by atoms with Crippen LogP contribution in [-0.2, 0) is 19.6 Å². The molecule has 1 aliphatic rings. The highest BCUT2D eigenvalue weighted by molar-refractivity contribution is 7.89. The molecule has 2 aromatic carbocycles. The maximum absolute atomic E-state index is 13.7. The first-order valence-corrected chi connectivity index (χ1v) is 9.53. The lowest BCUT2D eigenvalue weighted by molar-refractivity contribution is -0.125. The van der Waals surface area contributed by atoms with Crippen molar-refractivity contribution in [3.63, 3.8) is 0 Å². The zero-order chi connectivity index (χ0) is 20.1. The molecule has 27 heavy (non-hydrogen) atoms. The number of rotatable bonds is 3. The lowest BCUT2D eigenvalue weighted by Gasteiger charge is -2.18. The Hall–Kier alpha value is -2.58.